The second-order valence-electron chi connectivity index (χ2n) is 4.67. The fraction of sp³-hybridized carbons (Fsp3) is 0.250. The highest BCUT2D eigenvalue weighted by Crippen LogP contribution is 2.25. The van der Waals surface area contributed by atoms with Crippen LogP contribution in [-0.4, -0.2) is 12.0 Å². The van der Waals surface area contributed by atoms with E-state index in [1.165, 1.54) is 17.7 Å². The fourth-order valence-corrected chi connectivity index (χ4v) is 2.15. The van der Waals surface area contributed by atoms with E-state index in [2.05, 4.69) is 12.2 Å². The number of nitrogens with one attached hydrogen (secondary N) is 1. The fourth-order valence-electron chi connectivity index (χ4n) is 2.15. The summed E-state index contributed by atoms with van der Waals surface area (Å²) in [5, 5.41) is 13.8. The van der Waals surface area contributed by atoms with Crippen molar-refractivity contribution in [1.29, 1.82) is 0 Å². The molecule has 0 fully saturated rings. The molecule has 110 valence electrons. The maximum Gasteiger partial charge on any atom is 0.269 e. The number of rotatable bonds is 6. The first-order chi connectivity index (χ1) is 10.1. The van der Waals surface area contributed by atoms with E-state index in [1.54, 1.807) is 12.1 Å². The van der Waals surface area contributed by atoms with Crippen molar-refractivity contribution in [2.24, 2.45) is 0 Å². The van der Waals surface area contributed by atoms with Crippen molar-refractivity contribution in [3.8, 4) is 11.5 Å². The average Bonchev–Trinajstić information content (AvgIpc) is 2.51. The summed E-state index contributed by atoms with van der Waals surface area (Å²) >= 11 is 0. The van der Waals surface area contributed by atoms with Gasteiger partial charge in [0, 0.05) is 18.2 Å². The van der Waals surface area contributed by atoms with Gasteiger partial charge in [-0.3, -0.25) is 10.1 Å². The van der Waals surface area contributed by atoms with E-state index in [-0.39, 0.29) is 5.69 Å². The van der Waals surface area contributed by atoms with Crippen LogP contribution in [0.4, 0.5) is 5.69 Å². The molecule has 0 heterocycles. The third kappa shape index (κ3) is 3.79. The molecule has 0 aliphatic heterocycles. The Kier molecular flexibility index (Phi) is 4.90. The minimum Gasteiger partial charge on any atom is -0.457 e. The topological polar surface area (TPSA) is 64.4 Å². The standard InChI is InChI=1S/C16H18N2O3/c1-3-16(17-2)12-4-8-14(9-5-12)21-15-10-6-13(7-11-15)18(19)20/h4-11,16-17H,3H2,1-2H3. The third-order valence-corrected chi connectivity index (χ3v) is 3.32. The lowest BCUT2D eigenvalue weighted by atomic mass is 10.0. The van der Waals surface area contributed by atoms with Crippen LogP contribution in [0.2, 0.25) is 0 Å². The molecule has 0 aliphatic carbocycles. The molecule has 0 amide bonds. The molecular weight excluding hydrogens is 268 g/mol. The molecule has 2 rings (SSSR count). The van der Waals surface area contributed by atoms with E-state index in [4.69, 9.17) is 4.74 Å². The second-order valence-corrected chi connectivity index (χ2v) is 4.67. The summed E-state index contributed by atoms with van der Waals surface area (Å²) in [6.07, 6.45) is 1.01. The summed E-state index contributed by atoms with van der Waals surface area (Å²) in [5.74, 6) is 1.28. The number of non-ortho nitro benzene ring substituents is 1. The summed E-state index contributed by atoms with van der Waals surface area (Å²) in [5.41, 5.74) is 1.26. The van der Waals surface area contributed by atoms with Gasteiger partial charge in [0.05, 0.1) is 4.92 Å². The predicted octanol–water partition coefficient (Wildman–Crippen LogP) is 4.06. The second kappa shape index (κ2) is 6.85. The SMILES string of the molecule is CCC(NC)c1ccc(Oc2ccc([N+](=O)[O-])cc2)cc1. The van der Waals surface area contributed by atoms with Crippen molar-refractivity contribution < 1.29 is 9.66 Å². The Morgan fingerprint density at radius 2 is 1.62 bits per heavy atom. The van der Waals surface area contributed by atoms with Crippen LogP contribution in [0, 0.1) is 10.1 Å². The van der Waals surface area contributed by atoms with Gasteiger partial charge in [-0.25, -0.2) is 0 Å². The van der Waals surface area contributed by atoms with Gasteiger partial charge in [-0.05, 0) is 43.3 Å². The largest absolute Gasteiger partial charge is 0.457 e. The highest BCUT2D eigenvalue weighted by molar-refractivity contribution is 5.39. The van der Waals surface area contributed by atoms with E-state index < -0.39 is 4.92 Å². The zero-order chi connectivity index (χ0) is 15.2. The van der Waals surface area contributed by atoms with E-state index >= 15 is 0 Å². The average molecular weight is 286 g/mol. The first-order valence-electron chi connectivity index (χ1n) is 6.83. The molecule has 0 spiro atoms. The summed E-state index contributed by atoms with van der Waals surface area (Å²) in [7, 11) is 1.94. The number of nitrogens with zero attached hydrogens (tertiary/aromatic N) is 1. The number of hydrogen-bond acceptors (Lipinski definition) is 4. The van der Waals surface area contributed by atoms with Gasteiger partial charge in [0.15, 0.2) is 0 Å². The number of nitro groups is 1. The van der Waals surface area contributed by atoms with Gasteiger partial charge >= 0.3 is 0 Å². The van der Waals surface area contributed by atoms with Gasteiger partial charge in [-0.15, -0.1) is 0 Å². The molecule has 0 saturated carbocycles. The van der Waals surface area contributed by atoms with Gasteiger partial charge in [0.25, 0.3) is 5.69 Å². The van der Waals surface area contributed by atoms with Gasteiger partial charge in [0.1, 0.15) is 11.5 Å². The molecule has 1 atom stereocenters. The lowest BCUT2D eigenvalue weighted by Gasteiger charge is -2.14. The smallest absolute Gasteiger partial charge is 0.269 e. The first kappa shape index (κ1) is 15.0. The highest BCUT2D eigenvalue weighted by atomic mass is 16.6. The highest BCUT2D eigenvalue weighted by Gasteiger charge is 2.07. The van der Waals surface area contributed by atoms with Crippen molar-refractivity contribution in [2.45, 2.75) is 19.4 Å². The number of hydrogen-bond donors (Lipinski definition) is 1. The Morgan fingerprint density at radius 3 is 2.05 bits per heavy atom. The Bertz CT molecular complexity index is 590. The molecule has 0 aliphatic rings. The third-order valence-electron chi connectivity index (χ3n) is 3.32. The minimum absolute atomic E-state index is 0.0532. The number of benzene rings is 2. The van der Waals surface area contributed by atoms with E-state index in [1.807, 2.05) is 31.3 Å². The van der Waals surface area contributed by atoms with Crippen molar-refractivity contribution >= 4 is 5.69 Å². The van der Waals surface area contributed by atoms with Crippen LogP contribution < -0.4 is 10.1 Å². The molecule has 2 aromatic rings. The summed E-state index contributed by atoms with van der Waals surface area (Å²) < 4.78 is 5.67. The van der Waals surface area contributed by atoms with Crippen LogP contribution in [0.1, 0.15) is 24.9 Å². The summed E-state index contributed by atoms with van der Waals surface area (Å²) in [4.78, 5) is 10.2. The Hall–Kier alpha value is -2.40. The van der Waals surface area contributed by atoms with E-state index in [0.717, 1.165) is 6.42 Å². The van der Waals surface area contributed by atoms with Crippen molar-refractivity contribution in [1.82, 2.24) is 5.32 Å². The van der Waals surface area contributed by atoms with Crippen LogP contribution in [0.5, 0.6) is 11.5 Å². The number of ether oxygens (including phenoxy) is 1. The Labute approximate surface area is 123 Å². The maximum absolute atomic E-state index is 10.6. The van der Waals surface area contributed by atoms with Gasteiger partial charge in [-0.2, -0.15) is 0 Å². The minimum atomic E-state index is -0.429. The summed E-state index contributed by atoms with van der Waals surface area (Å²) in [6, 6.07) is 14.2. The van der Waals surface area contributed by atoms with Crippen LogP contribution in [0.3, 0.4) is 0 Å². The molecular formula is C16H18N2O3. The van der Waals surface area contributed by atoms with Crippen LogP contribution in [0.25, 0.3) is 0 Å². The number of nitro benzene ring substituents is 1. The molecule has 5 nitrogen and oxygen atoms in total. The monoisotopic (exact) mass is 286 g/mol. The van der Waals surface area contributed by atoms with Crippen LogP contribution in [0.15, 0.2) is 48.5 Å². The lowest BCUT2D eigenvalue weighted by Crippen LogP contribution is -2.14. The van der Waals surface area contributed by atoms with Crippen LogP contribution >= 0.6 is 0 Å². The molecule has 0 saturated heterocycles. The van der Waals surface area contributed by atoms with Crippen molar-refractivity contribution in [2.75, 3.05) is 7.05 Å². The van der Waals surface area contributed by atoms with Crippen LogP contribution in [-0.2, 0) is 0 Å². The molecule has 1 unspecified atom stereocenters. The maximum atomic E-state index is 10.6. The molecule has 0 aromatic heterocycles. The Morgan fingerprint density at radius 1 is 1.10 bits per heavy atom. The predicted molar refractivity (Wildman–Crippen MR) is 81.7 cm³/mol. The normalized spacial score (nSPS) is 11.9. The molecule has 0 radical (unpaired) electrons. The molecule has 1 N–H and O–H groups in total. The Balaban J connectivity index is 2.07. The van der Waals surface area contributed by atoms with E-state index in [0.29, 0.717) is 17.5 Å². The zero-order valence-corrected chi connectivity index (χ0v) is 12.1. The lowest BCUT2D eigenvalue weighted by molar-refractivity contribution is -0.384. The van der Waals surface area contributed by atoms with Gasteiger partial charge in [0.2, 0.25) is 0 Å². The zero-order valence-electron chi connectivity index (χ0n) is 12.1. The van der Waals surface area contributed by atoms with Gasteiger partial charge < -0.3 is 10.1 Å². The van der Waals surface area contributed by atoms with Gasteiger partial charge in [-0.1, -0.05) is 19.1 Å². The summed E-state index contributed by atoms with van der Waals surface area (Å²) in [6.45, 7) is 2.13. The molecule has 2 aromatic carbocycles. The first-order valence-corrected chi connectivity index (χ1v) is 6.83. The molecule has 0 bridgehead atoms. The van der Waals surface area contributed by atoms with E-state index in [9.17, 15) is 10.1 Å². The molecule has 21 heavy (non-hydrogen) atoms. The van der Waals surface area contributed by atoms with Crippen molar-refractivity contribution in [3.63, 3.8) is 0 Å². The van der Waals surface area contributed by atoms with Crippen molar-refractivity contribution in [3.05, 3.63) is 64.2 Å². The quantitative estimate of drug-likeness (QED) is 0.642. The molecule has 5 heteroatoms.